The Kier molecular flexibility index (Phi) is 7.16. The molecule has 5 rings (SSSR count). The summed E-state index contributed by atoms with van der Waals surface area (Å²) in [7, 11) is 0. The predicted molar refractivity (Wildman–Crippen MR) is 143 cm³/mol. The van der Waals surface area contributed by atoms with Crippen LogP contribution in [0.5, 0.6) is 0 Å². The van der Waals surface area contributed by atoms with Crippen molar-refractivity contribution in [2.24, 2.45) is 5.10 Å². The van der Waals surface area contributed by atoms with Crippen LogP contribution in [0.25, 0.3) is 0 Å². The molecule has 6 nitrogen and oxygen atoms in total. The van der Waals surface area contributed by atoms with Gasteiger partial charge in [-0.1, -0.05) is 72.3 Å². The van der Waals surface area contributed by atoms with Crippen LogP contribution in [-0.2, 0) is 9.59 Å². The number of halogens is 1. The van der Waals surface area contributed by atoms with Gasteiger partial charge in [0.25, 0.3) is 5.91 Å². The average Bonchev–Trinajstić information content (AvgIpc) is 2.91. The number of amides is 2. The Labute approximate surface area is 216 Å². The second-order valence-electron chi connectivity index (χ2n) is 9.23. The molecule has 1 unspecified atom stereocenters. The van der Waals surface area contributed by atoms with Gasteiger partial charge in [-0.15, -0.1) is 0 Å². The summed E-state index contributed by atoms with van der Waals surface area (Å²) >= 11 is 6.15. The van der Waals surface area contributed by atoms with Gasteiger partial charge in [0, 0.05) is 44.0 Å². The Morgan fingerprint density at radius 1 is 0.833 bits per heavy atom. The number of hydrogen-bond acceptors (Lipinski definition) is 4. The molecule has 0 N–H and O–H groups in total. The van der Waals surface area contributed by atoms with Crippen LogP contribution in [0.4, 0.5) is 5.69 Å². The minimum absolute atomic E-state index is 0.0801. The Morgan fingerprint density at radius 2 is 1.47 bits per heavy atom. The first kappa shape index (κ1) is 24.2. The molecule has 1 saturated heterocycles. The van der Waals surface area contributed by atoms with Crippen molar-refractivity contribution in [1.29, 1.82) is 0 Å². The number of carbonyl (C=O) groups is 2. The van der Waals surface area contributed by atoms with Crippen molar-refractivity contribution in [3.8, 4) is 0 Å². The van der Waals surface area contributed by atoms with Gasteiger partial charge in [-0.05, 0) is 41.8 Å². The van der Waals surface area contributed by atoms with Crippen molar-refractivity contribution in [2.45, 2.75) is 25.8 Å². The molecule has 0 aromatic heterocycles. The topological polar surface area (TPSA) is 56.2 Å². The molecule has 2 aliphatic heterocycles. The smallest absolute Gasteiger partial charge is 0.270 e. The molecule has 7 heteroatoms. The van der Waals surface area contributed by atoms with E-state index in [1.54, 1.807) is 0 Å². The van der Waals surface area contributed by atoms with Crippen molar-refractivity contribution in [1.82, 2.24) is 9.80 Å². The minimum Gasteiger partial charge on any atom is -0.335 e. The van der Waals surface area contributed by atoms with Crippen LogP contribution < -0.4 is 5.01 Å². The number of carbonyl (C=O) groups excluding carboxylic acids is 2. The van der Waals surface area contributed by atoms with Crippen molar-refractivity contribution >= 4 is 34.8 Å². The number of benzene rings is 3. The van der Waals surface area contributed by atoms with E-state index in [0.29, 0.717) is 30.2 Å². The molecule has 2 heterocycles. The van der Waals surface area contributed by atoms with Gasteiger partial charge in [0.05, 0.1) is 11.7 Å². The third-order valence-electron chi connectivity index (χ3n) is 6.89. The van der Waals surface area contributed by atoms with Crippen LogP contribution >= 0.6 is 11.6 Å². The number of nitrogens with zero attached hydrogens (tertiary/aromatic N) is 4. The van der Waals surface area contributed by atoms with Crippen molar-refractivity contribution in [3.63, 3.8) is 0 Å². The Balaban J connectivity index is 1.32. The van der Waals surface area contributed by atoms with E-state index in [1.165, 1.54) is 16.1 Å². The summed E-state index contributed by atoms with van der Waals surface area (Å²) in [6, 6.07) is 26.1. The zero-order valence-corrected chi connectivity index (χ0v) is 21.1. The van der Waals surface area contributed by atoms with E-state index >= 15 is 0 Å². The molecule has 36 heavy (non-hydrogen) atoms. The fourth-order valence-electron chi connectivity index (χ4n) is 4.96. The summed E-state index contributed by atoms with van der Waals surface area (Å²) in [5, 5.41) is 6.62. The lowest BCUT2D eigenvalue weighted by molar-refractivity contribution is -0.126. The molecule has 0 spiro atoms. The zero-order valence-electron chi connectivity index (χ0n) is 20.3. The molecule has 184 valence electrons. The summed E-state index contributed by atoms with van der Waals surface area (Å²) in [4.78, 5) is 30.3. The number of hydrogen-bond donors (Lipinski definition) is 0. The van der Waals surface area contributed by atoms with Gasteiger partial charge in [-0.3, -0.25) is 14.5 Å². The number of anilines is 1. The van der Waals surface area contributed by atoms with Gasteiger partial charge in [0.1, 0.15) is 5.71 Å². The summed E-state index contributed by atoms with van der Waals surface area (Å²) in [5.74, 6) is -0.164. The molecule has 3 aromatic carbocycles. The largest absolute Gasteiger partial charge is 0.335 e. The average molecular weight is 501 g/mol. The lowest BCUT2D eigenvalue weighted by Gasteiger charge is -2.40. The third kappa shape index (κ3) is 5.06. The van der Waals surface area contributed by atoms with Crippen LogP contribution in [0, 0.1) is 6.92 Å². The monoisotopic (exact) mass is 500 g/mol. The molecule has 0 bridgehead atoms. The molecule has 0 aliphatic carbocycles. The lowest BCUT2D eigenvalue weighted by Crippen LogP contribution is -2.52. The zero-order chi connectivity index (χ0) is 25.1. The second-order valence-corrected chi connectivity index (χ2v) is 9.67. The van der Waals surface area contributed by atoms with E-state index in [1.807, 2.05) is 54.3 Å². The van der Waals surface area contributed by atoms with E-state index in [-0.39, 0.29) is 24.3 Å². The second kappa shape index (κ2) is 10.6. The maximum atomic E-state index is 13.4. The number of aryl methyl sites for hydroxylation is 1. The molecule has 2 aliphatic rings. The first-order chi connectivity index (χ1) is 17.5. The minimum atomic E-state index is -0.0839. The molecular weight excluding hydrogens is 472 g/mol. The van der Waals surface area contributed by atoms with E-state index in [4.69, 9.17) is 11.6 Å². The summed E-state index contributed by atoms with van der Waals surface area (Å²) in [6.45, 7) is 4.63. The van der Waals surface area contributed by atoms with Crippen LogP contribution in [0.15, 0.2) is 84.0 Å². The van der Waals surface area contributed by atoms with Crippen molar-refractivity contribution in [3.05, 3.63) is 101 Å². The quantitative estimate of drug-likeness (QED) is 0.491. The van der Waals surface area contributed by atoms with Gasteiger partial charge in [0.15, 0.2) is 0 Å². The molecule has 0 radical (unpaired) electrons. The first-order valence-electron chi connectivity index (χ1n) is 12.3. The van der Waals surface area contributed by atoms with Gasteiger partial charge in [-0.2, -0.15) is 5.10 Å². The van der Waals surface area contributed by atoms with Gasteiger partial charge in [-0.25, -0.2) is 5.01 Å². The van der Waals surface area contributed by atoms with Crippen LogP contribution in [0.3, 0.4) is 0 Å². The fourth-order valence-corrected chi connectivity index (χ4v) is 5.08. The van der Waals surface area contributed by atoms with Crippen molar-refractivity contribution in [2.75, 3.05) is 31.2 Å². The summed E-state index contributed by atoms with van der Waals surface area (Å²) in [5.41, 5.74) is 4.51. The van der Waals surface area contributed by atoms with E-state index in [9.17, 15) is 9.59 Å². The maximum Gasteiger partial charge on any atom is 0.270 e. The Hall–Kier alpha value is -3.48. The van der Waals surface area contributed by atoms with Gasteiger partial charge in [0.2, 0.25) is 5.91 Å². The van der Waals surface area contributed by atoms with E-state index in [0.717, 1.165) is 24.3 Å². The molecule has 1 fully saturated rings. The highest BCUT2D eigenvalue weighted by Crippen LogP contribution is 2.31. The van der Waals surface area contributed by atoms with E-state index in [2.05, 4.69) is 46.4 Å². The fraction of sp³-hybridized carbons (Fsp3) is 0.276. The predicted octanol–water partition coefficient (Wildman–Crippen LogP) is 5.07. The Bertz CT molecular complexity index is 1270. The number of rotatable bonds is 5. The van der Waals surface area contributed by atoms with E-state index < -0.39 is 0 Å². The molecule has 1 atom stereocenters. The molecule has 3 aromatic rings. The van der Waals surface area contributed by atoms with Crippen LogP contribution in [0.2, 0.25) is 5.02 Å². The maximum absolute atomic E-state index is 13.4. The van der Waals surface area contributed by atoms with Gasteiger partial charge < -0.3 is 4.90 Å². The highest BCUT2D eigenvalue weighted by Gasteiger charge is 2.32. The molecule has 0 saturated carbocycles. The number of piperazine rings is 1. The highest BCUT2D eigenvalue weighted by atomic mass is 35.5. The molecular formula is C29H29ClN4O2. The first-order valence-corrected chi connectivity index (χ1v) is 12.7. The summed E-state index contributed by atoms with van der Waals surface area (Å²) in [6.07, 6.45) is 0.656. The Morgan fingerprint density at radius 3 is 2.17 bits per heavy atom. The van der Waals surface area contributed by atoms with Gasteiger partial charge >= 0.3 is 0 Å². The molecule has 2 amide bonds. The number of para-hydroxylation sites is 1. The standard InChI is InChI=1S/C29H29ClN4O2/c1-21-7-5-6-10-26(21)34-27(35)16-15-25(31-34)29(36)33-19-17-32(18-20-33)28(22-8-3-2-4-9-22)23-11-13-24(30)14-12-23/h2-14,28H,15-20H2,1H3. The SMILES string of the molecule is Cc1ccccc1N1N=C(C(=O)N2CCN(C(c3ccccc3)c3ccc(Cl)cc3)CC2)CCC1=O. The normalized spacial score (nSPS) is 17.6. The third-order valence-corrected chi connectivity index (χ3v) is 7.14. The number of hydrazone groups is 1. The summed E-state index contributed by atoms with van der Waals surface area (Å²) < 4.78 is 0. The van der Waals surface area contributed by atoms with Crippen molar-refractivity contribution < 1.29 is 9.59 Å². The highest BCUT2D eigenvalue weighted by molar-refractivity contribution is 6.40. The lowest BCUT2D eigenvalue weighted by atomic mass is 9.96. The van der Waals surface area contributed by atoms with Crippen LogP contribution in [-0.4, -0.2) is 53.5 Å². The van der Waals surface area contributed by atoms with Crippen LogP contribution in [0.1, 0.15) is 35.6 Å².